The quantitative estimate of drug-likeness (QED) is 0.220. The van der Waals surface area contributed by atoms with Crippen LogP contribution in [0, 0.1) is 0 Å². The number of aromatic carboxylic acids is 1. The highest BCUT2D eigenvalue weighted by Crippen LogP contribution is 2.31. The van der Waals surface area contributed by atoms with E-state index in [-0.39, 0.29) is 11.3 Å². The number of carbonyl (C=O) groups is 2. The fraction of sp³-hybridized carbons (Fsp3) is 0.0370. The van der Waals surface area contributed by atoms with Crippen LogP contribution in [0.3, 0.4) is 0 Å². The molecule has 0 saturated carbocycles. The van der Waals surface area contributed by atoms with Gasteiger partial charge in [0.1, 0.15) is 0 Å². The molecule has 0 unspecified atom stereocenters. The van der Waals surface area contributed by atoms with Crippen molar-refractivity contribution in [2.75, 3.05) is 17.7 Å². The van der Waals surface area contributed by atoms with E-state index in [0.29, 0.717) is 26.7 Å². The second-order valence-corrected chi connectivity index (χ2v) is 9.22. The number of anilines is 3. The molecular formula is C27H21ClN2O3S. The first-order valence-corrected chi connectivity index (χ1v) is 11.6. The lowest BCUT2D eigenvalue weighted by Crippen LogP contribution is -2.10. The summed E-state index contributed by atoms with van der Waals surface area (Å²) < 4.78 is 0. The van der Waals surface area contributed by atoms with Crippen molar-refractivity contribution in [3.05, 3.63) is 113 Å². The Morgan fingerprint density at radius 2 is 1.41 bits per heavy atom. The minimum absolute atomic E-state index is 0.0522. The summed E-state index contributed by atoms with van der Waals surface area (Å²) in [7, 11) is 1.93. The number of hydrogen-bond acceptors (Lipinski definition) is 5. The van der Waals surface area contributed by atoms with Gasteiger partial charge in [0, 0.05) is 50.1 Å². The van der Waals surface area contributed by atoms with Crippen molar-refractivity contribution in [2.24, 2.45) is 0 Å². The number of carbonyl (C=O) groups excluding carboxylic acids is 1. The van der Waals surface area contributed by atoms with Crippen LogP contribution in [-0.2, 0) is 0 Å². The van der Waals surface area contributed by atoms with Crippen LogP contribution in [-0.4, -0.2) is 23.9 Å². The second kappa shape index (κ2) is 10.0. The Balaban J connectivity index is 1.60. The number of benzene rings is 4. The molecule has 4 rings (SSSR count). The van der Waals surface area contributed by atoms with E-state index in [0.717, 1.165) is 16.3 Å². The molecule has 4 aromatic carbocycles. The maximum absolute atomic E-state index is 13.2. The Morgan fingerprint density at radius 3 is 2.03 bits per heavy atom. The van der Waals surface area contributed by atoms with Gasteiger partial charge in [-0.1, -0.05) is 29.4 Å². The van der Waals surface area contributed by atoms with Gasteiger partial charge < -0.3 is 15.7 Å². The van der Waals surface area contributed by atoms with Crippen LogP contribution in [0.15, 0.2) is 101 Å². The van der Waals surface area contributed by atoms with Crippen LogP contribution in [0.5, 0.6) is 0 Å². The molecule has 0 aliphatic rings. The lowest BCUT2D eigenvalue weighted by atomic mass is 10.0. The molecule has 0 fully saturated rings. The normalized spacial score (nSPS) is 10.6. The van der Waals surface area contributed by atoms with Gasteiger partial charge in [-0.2, -0.15) is 0 Å². The number of carboxylic acid groups (broad SMARTS) is 1. The van der Waals surface area contributed by atoms with Gasteiger partial charge in [0.05, 0.1) is 5.56 Å². The highest BCUT2D eigenvalue weighted by atomic mass is 35.5. The third-order valence-electron chi connectivity index (χ3n) is 5.24. The van der Waals surface area contributed by atoms with E-state index in [1.807, 2.05) is 60.5 Å². The van der Waals surface area contributed by atoms with Crippen LogP contribution in [0.1, 0.15) is 26.3 Å². The molecule has 0 spiro atoms. The zero-order chi connectivity index (χ0) is 24.2. The van der Waals surface area contributed by atoms with Crippen LogP contribution in [0.2, 0.25) is 5.02 Å². The molecule has 0 aliphatic heterocycles. The fourth-order valence-electron chi connectivity index (χ4n) is 3.44. The molecule has 34 heavy (non-hydrogen) atoms. The lowest BCUT2D eigenvalue weighted by molar-refractivity contribution is 0.0696. The number of ketones is 1. The first-order chi connectivity index (χ1) is 16.3. The average molecular weight is 489 g/mol. The highest BCUT2D eigenvalue weighted by Gasteiger charge is 2.15. The Labute approximate surface area is 206 Å². The van der Waals surface area contributed by atoms with Gasteiger partial charge in [0.25, 0.3) is 0 Å². The number of nitrogens with zero attached hydrogens (tertiary/aromatic N) is 1. The van der Waals surface area contributed by atoms with Crippen molar-refractivity contribution in [2.45, 2.75) is 9.79 Å². The van der Waals surface area contributed by atoms with Crippen molar-refractivity contribution in [3.8, 4) is 0 Å². The number of carboxylic acids is 1. The smallest absolute Gasteiger partial charge is 0.335 e. The molecule has 0 aliphatic carbocycles. The summed E-state index contributed by atoms with van der Waals surface area (Å²) in [5, 5.41) is 10.2. The Bertz CT molecular complexity index is 1360. The second-order valence-electron chi connectivity index (χ2n) is 7.64. The van der Waals surface area contributed by atoms with E-state index in [1.54, 1.807) is 36.4 Å². The Kier molecular flexibility index (Phi) is 6.91. The molecule has 4 aromatic rings. The number of halogens is 1. The summed E-state index contributed by atoms with van der Waals surface area (Å²) in [6, 6.07) is 26.6. The summed E-state index contributed by atoms with van der Waals surface area (Å²) in [6.45, 7) is 0. The maximum Gasteiger partial charge on any atom is 0.335 e. The summed E-state index contributed by atoms with van der Waals surface area (Å²) >= 11 is 7.32. The Hall–Kier alpha value is -3.74. The molecule has 5 nitrogen and oxygen atoms in total. The van der Waals surface area contributed by atoms with E-state index in [4.69, 9.17) is 17.3 Å². The summed E-state index contributed by atoms with van der Waals surface area (Å²) in [6.07, 6.45) is 0. The highest BCUT2D eigenvalue weighted by molar-refractivity contribution is 7.99. The maximum atomic E-state index is 13.2. The molecular weight excluding hydrogens is 468 g/mol. The van der Waals surface area contributed by atoms with Crippen LogP contribution in [0.25, 0.3) is 0 Å². The van der Waals surface area contributed by atoms with Crippen LogP contribution >= 0.6 is 23.4 Å². The third-order valence-corrected chi connectivity index (χ3v) is 6.45. The first kappa shape index (κ1) is 23.4. The van der Waals surface area contributed by atoms with E-state index in [2.05, 4.69) is 0 Å². The SMILES string of the molecule is CN(c1ccc(Cl)cc1)c1ccc(C(=O)c2cc(Sc3cccc(N)c3)cc(C(=O)O)c2)cc1. The van der Waals surface area contributed by atoms with Gasteiger partial charge in [-0.25, -0.2) is 4.79 Å². The van der Waals surface area contributed by atoms with Crippen molar-refractivity contribution in [1.29, 1.82) is 0 Å². The minimum Gasteiger partial charge on any atom is -0.478 e. The molecule has 3 N–H and O–H groups in total. The van der Waals surface area contributed by atoms with Gasteiger partial charge in [-0.15, -0.1) is 0 Å². The van der Waals surface area contributed by atoms with Gasteiger partial charge in [-0.3, -0.25) is 4.79 Å². The predicted octanol–water partition coefficient (Wildman–Crippen LogP) is 6.77. The van der Waals surface area contributed by atoms with Crippen molar-refractivity contribution in [1.82, 2.24) is 0 Å². The number of rotatable bonds is 7. The largest absolute Gasteiger partial charge is 0.478 e. The van der Waals surface area contributed by atoms with Crippen LogP contribution < -0.4 is 10.6 Å². The molecule has 0 amide bonds. The molecule has 0 heterocycles. The average Bonchev–Trinajstić information content (AvgIpc) is 2.83. The van der Waals surface area contributed by atoms with E-state index >= 15 is 0 Å². The molecule has 170 valence electrons. The van der Waals surface area contributed by atoms with Gasteiger partial charge in [-0.05, 0) is 84.9 Å². The fourth-order valence-corrected chi connectivity index (χ4v) is 4.56. The molecule has 0 aromatic heterocycles. The van der Waals surface area contributed by atoms with E-state index in [9.17, 15) is 14.7 Å². The van der Waals surface area contributed by atoms with Crippen molar-refractivity contribution in [3.63, 3.8) is 0 Å². The number of nitrogens with two attached hydrogens (primary N) is 1. The third kappa shape index (κ3) is 5.42. The van der Waals surface area contributed by atoms with Gasteiger partial charge >= 0.3 is 5.97 Å². The number of hydrogen-bond donors (Lipinski definition) is 2. The summed E-state index contributed by atoms with van der Waals surface area (Å²) in [5.74, 6) is -1.35. The molecule has 0 radical (unpaired) electrons. The Morgan fingerprint density at radius 1 is 0.794 bits per heavy atom. The monoisotopic (exact) mass is 488 g/mol. The molecule has 0 atom stereocenters. The van der Waals surface area contributed by atoms with Crippen molar-refractivity contribution >= 4 is 52.2 Å². The van der Waals surface area contributed by atoms with Crippen LogP contribution in [0.4, 0.5) is 17.1 Å². The molecule has 7 heteroatoms. The zero-order valence-corrected chi connectivity index (χ0v) is 19.8. The van der Waals surface area contributed by atoms with Gasteiger partial charge in [0.15, 0.2) is 5.78 Å². The van der Waals surface area contributed by atoms with E-state index < -0.39 is 5.97 Å². The minimum atomic E-state index is -1.09. The van der Waals surface area contributed by atoms with Gasteiger partial charge in [0.2, 0.25) is 0 Å². The standard InChI is InChI=1S/C27H21ClN2O3S/c1-30(23-11-7-20(28)8-12-23)22-9-5-17(6-10-22)26(31)18-13-19(27(32)33)15-25(14-18)34-24-4-2-3-21(29)16-24/h2-16H,29H2,1H3,(H,32,33). The molecule has 0 saturated heterocycles. The zero-order valence-electron chi connectivity index (χ0n) is 18.2. The lowest BCUT2D eigenvalue weighted by Gasteiger charge is -2.19. The van der Waals surface area contributed by atoms with E-state index in [1.165, 1.54) is 17.8 Å². The summed E-state index contributed by atoms with van der Waals surface area (Å²) in [5.41, 5.74) is 9.15. The first-order valence-electron chi connectivity index (χ1n) is 10.4. The predicted molar refractivity (Wildman–Crippen MR) is 138 cm³/mol. The molecule has 0 bridgehead atoms. The number of nitrogen functional groups attached to an aromatic ring is 1. The topological polar surface area (TPSA) is 83.6 Å². The van der Waals surface area contributed by atoms with Crippen molar-refractivity contribution < 1.29 is 14.7 Å². The summed E-state index contributed by atoms with van der Waals surface area (Å²) in [4.78, 5) is 28.4.